The Morgan fingerprint density at radius 3 is 2.48 bits per heavy atom. The summed E-state index contributed by atoms with van der Waals surface area (Å²) < 4.78 is 5.62. The van der Waals surface area contributed by atoms with Gasteiger partial charge in [-0.3, -0.25) is 14.5 Å². The van der Waals surface area contributed by atoms with Gasteiger partial charge in [-0.1, -0.05) is 11.6 Å². The molecule has 1 saturated heterocycles. The van der Waals surface area contributed by atoms with Gasteiger partial charge in [0.25, 0.3) is 0 Å². The second-order valence-corrected chi connectivity index (χ2v) is 6.82. The summed E-state index contributed by atoms with van der Waals surface area (Å²) >= 11 is 5.83. The molecule has 1 atom stereocenters. The summed E-state index contributed by atoms with van der Waals surface area (Å²) in [6, 6.07) is 6.84. The van der Waals surface area contributed by atoms with E-state index in [1.165, 1.54) is 0 Å². The fourth-order valence-corrected chi connectivity index (χ4v) is 3.08. The number of aliphatic carboxylic acids is 1. The Balaban J connectivity index is 1.75. The van der Waals surface area contributed by atoms with Crippen molar-refractivity contribution < 1.29 is 19.4 Å². The number of hydrogen-bond donors (Lipinski definition) is 1. The summed E-state index contributed by atoms with van der Waals surface area (Å²) in [5.41, 5.74) is 0. The van der Waals surface area contributed by atoms with Crippen LogP contribution in [0.25, 0.3) is 0 Å². The Hall–Kier alpha value is -1.79. The van der Waals surface area contributed by atoms with Gasteiger partial charge in [-0.25, -0.2) is 0 Å². The molecule has 138 valence electrons. The van der Waals surface area contributed by atoms with Gasteiger partial charge in [0.05, 0.1) is 18.5 Å². The molecule has 1 aromatic carbocycles. The van der Waals surface area contributed by atoms with Crippen molar-refractivity contribution in [2.45, 2.75) is 25.8 Å². The lowest BCUT2D eigenvalue weighted by Gasteiger charge is -2.35. The third-order valence-electron chi connectivity index (χ3n) is 4.67. The molecule has 1 N–H and O–H groups in total. The third kappa shape index (κ3) is 5.61. The summed E-state index contributed by atoms with van der Waals surface area (Å²) in [6.45, 7) is 4.03. The summed E-state index contributed by atoms with van der Waals surface area (Å²) in [5.74, 6) is -0.290. The summed E-state index contributed by atoms with van der Waals surface area (Å²) in [4.78, 5) is 27.3. The Kier molecular flexibility index (Phi) is 7.08. The number of nitrogens with zero attached hydrogens (tertiary/aromatic N) is 2. The van der Waals surface area contributed by atoms with E-state index in [9.17, 15) is 9.59 Å². The molecule has 0 radical (unpaired) electrons. The number of likely N-dealkylation sites (N-methyl/N-ethyl adjacent to an activating group) is 1. The summed E-state index contributed by atoms with van der Waals surface area (Å²) in [7, 11) is 1.76. The van der Waals surface area contributed by atoms with Crippen LogP contribution in [-0.2, 0) is 9.59 Å². The van der Waals surface area contributed by atoms with Crippen LogP contribution in [0, 0.1) is 5.92 Å². The van der Waals surface area contributed by atoms with E-state index in [4.69, 9.17) is 21.4 Å². The van der Waals surface area contributed by atoms with Crippen molar-refractivity contribution in [3.63, 3.8) is 0 Å². The first-order valence-corrected chi connectivity index (χ1v) is 8.86. The maximum atomic E-state index is 12.5. The Morgan fingerprint density at radius 2 is 1.92 bits per heavy atom. The van der Waals surface area contributed by atoms with Gasteiger partial charge in [-0.05, 0) is 57.1 Å². The predicted molar refractivity (Wildman–Crippen MR) is 96.0 cm³/mol. The van der Waals surface area contributed by atoms with E-state index in [0.29, 0.717) is 49.9 Å². The quantitative estimate of drug-likeness (QED) is 0.800. The minimum Gasteiger partial charge on any atom is -0.492 e. The number of ether oxygens (including phenoxy) is 1. The lowest BCUT2D eigenvalue weighted by atomic mass is 9.96. The van der Waals surface area contributed by atoms with Gasteiger partial charge in [0.1, 0.15) is 12.4 Å². The second kappa shape index (κ2) is 9.06. The summed E-state index contributed by atoms with van der Waals surface area (Å²) in [5, 5.41) is 9.70. The van der Waals surface area contributed by atoms with Crippen molar-refractivity contribution >= 4 is 23.5 Å². The number of likely N-dealkylation sites (tertiary alicyclic amines) is 1. The molecule has 1 fully saturated rings. The zero-order valence-electron chi connectivity index (χ0n) is 14.7. The molecule has 25 heavy (non-hydrogen) atoms. The fraction of sp³-hybridized carbons (Fsp3) is 0.556. The van der Waals surface area contributed by atoms with Crippen molar-refractivity contribution in [1.29, 1.82) is 0 Å². The van der Waals surface area contributed by atoms with Crippen LogP contribution in [0.15, 0.2) is 24.3 Å². The number of benzene rings is 1. The number of carboxylic acids is 1. The van der Waals surface area contributed by atoms with Crippen LogP contribution in [0.2, 0.25) is 5.02 Å². The van der Waals surface area contributed by atoms with Gasteiger partial charge in [0, 0.05) is 12.1 Å². The van der Waals surface area contributed by atoms with Gasteiger partial charge in [-0.2, -0.15) is 0 Å². The van der Waals surface area contributed by atoms with Gasteiger partial charge in [0.2, 0.25) is 5.91 Å². The number of amides is 1. The maximum Gasteiger partial charge on any atom is 0.306 e. The van der Waals surface area contributed by atoms with Crippen LogP contribution in [0.5, 0.6) is 5.75 Å². The number of hydrogen-bond acceptors (Lipinski definition) is 4. The smallest absolute Gasteiger partial charge is 0.306 e. The van der Waals surface area contributed by atoms with Crippen LogP contribution < -0.4 is 4.74 Å². The largest absolute Gasteiger partial charge is 0.492 e. The number of piperidine rings is 1. The van der Waals surface area contributed by atoms with Crippen LogP contribution >= 0.6 is 11.6 Å². The number of carbonyl (C=O) groups excluding carboxylic acids is 1. The highest BCUT2D eigenvalue weighted by molar-refractivity contribution is 6.30. The molecule has 0 aromatic heterocycles. The molecule has 1 aliphatic heterocycles. The SMILES string of the molecule is CC(C(=O)N(C)CCOc1ccc(Cl)cc1)N1CCC(C(=O)O)CC1. The number of carbonyl (C=O) groups is 2. The normalized spacial score (nSPS) is 17.1. The van der Waals surface area contributed by atoms with Crippen LogP contribution in [0.1, 0.15) is 19.8 Å². The van der Waals surface area contributed by atoms with Crippen LogP contribution in [0.4, 0.5) is 0 Å². The van der Waals surface area contributed by atoms with Gasteiger partial charge < -0.3 is 14.7 Å². The van der Waals surface area contributed by atoms with Crippen molar-refractivity contribution in [3.05, 3.63) is 29.3 Å². The maximum absolute atomic E-state index is 12.5. The highest BCUT2D eigenvalue weighted by Gasteiger charge is 2.30. The van der Waals surface area contributed by atoms with Crippen molar-refractivity contribution in [2.75, 3.05) is 33.3 Å². The molecular formula is C18H25ClN2O4. The molecule has 6 nitrogen and oxygen atoms in total. The van der Waals surface area contributed by atoms with E-state index in [2.05, 4.69) is 4.90 Å². The Labute approximate surface area is 153 Å². The molecule has 2 rings (SSSR count). The van der Waals surface area contributed by atoms with Crippen LogP contribution in [0.3, 0.4) is 0 Å². The molecule has 0 bridgehead atoms. The molecule has 1 unspecified atom stereocenters. The van der Waals surface area contributed by atoms with E-state index >= 15 is 0 Å². The summed E-state index contributed by atoms with van der Waals surface area (Å²) in [6.07, 6.45) is 1.19. The number of carboxylic acid groups (broad SMARTS) is 1. The zero-order valence-corrected chi connectivity index (χ0v) is 15.4. The monoisotopic (exact) mass is 368 g/mol. The van der Waals surface area contributed by atoms with E-state index in [1.807, 2.05) is 6.92 Å². The molecule has 0 saturated carbocycles. The van der Waals surface area contributed by atoms with Gasteiger partial charge >= 0.3 is 5.97 Å². The molecule has 1 aromatic rings. The van der Waals surface area contributed by atoms with E-state index < -0.39 is 5.97 Å². The van der Waals surface area contributed by atoms with E-state index in [0.717, 1.165) is 0 Å². The minimum absolute atomic E-state index is 0.0217. The first-order chi connectivity index (χ1) is 11.9. The highest BCUT2D eigenvalue weighted by Crippen LogP contribution is 2.20. The average Bonchev–Trinajstić information content (AvgIpc) is 2.62. The van der Waals surface area contributed by atoms with Gasteiger partial charge in [0.15, 0.2) is 0 Å². The van der Waals surface area contributed by atoms with E-state index in [-0.39, 0.29) is 17.9 Å². The Morgan fingerprint density at radius 1 is 1.32 bits per heavy atom. The second-order valence-electron chi connectivity index (χ2n) is 6.39. The fourth-order valence-electron chi connectivity index (χ4n) is 2.95. The van der Waals surface area contributed by atoms with E-state index in [1.54, 1.807) is 36.2 Å². The predicted octanol–water partition coefficient (Wildman–Crippen LogP) is 2.36. The number of halogens is 1. The van der Waals surface area contributed by atoms with Crippen molar-refractivity contribution in [3.8, 4) is 5.75 Å². The van der Waals surface area contributed by atoms with Gasteiger partial charge in [-0.15, -0.1) is 0 Å². The number of rotatable bonds is 7. The average molecular weight is 369 g/mol. The molecule has 7 heteroatoms. The van der Waals surface area contributed by atoms with Crippen molar-refractivity contribution in [2.24, 2.45) is 5.92 Å². The van der Waals surface area contributed by atoms with Crippen LogP contribution in [-0.4, -0.2) is 66.1 Å². The Bertz CT molecular complexity index is 585. The zero-order chi connectivity index (χ0) is 18.4. The molecule has 1 aliphatic rings. The molecule has 1 amide bonds. The lowest BCUT2D eigenvalue weighted by molar-refractivity contribution is -0.144. The standard InChI is InChI=1S/C18H25ClN2O4/c1-13(21-9-7-14(8-10-21)18(23)24)17(22)20(2)11-12-25-16-5-3-15(19)4-6-16/h3-6,13-14H,7-12H2,1-2H3,(H,23,24). The lowest BCUT2D eigenvalue weighted by Crippen LogP contribution is -2.50. The molecule has 1 heterocycles. The minimum atomic E-state index is -0.741. The first-order valence-electron chi connectivity index (χ1n) is 8.48. The first kappa shape index (κ1) is 19.5. The molecule has 0 spiro atoms. The third-order valence-corrected chi connectivity index (χ3v) is 4.92. The molecular weight excluding hydrogens is 344 g/mol. The highest BCUT2D eigenvalue weighted by atomic mass is 35.5. The van der Waals surface area contributed by atoms with Crippen molar-refractivity contribution in [1.82, 2.24) is 9.80 Å². The topological polar surface area (TPSA) is 70.1 Å². The molecule has 0 aliphatic carbocycles.